The first-order chi connectivity index (χ1) is 10.6. The van der Waals surface area contributed by atoms with Crippen LogP contribution in [0.2, 0.25) is 0 Å². The zero-order chi connectivity index (χ0) is 17.4. The average molecular weight is 323 g/mol. The van der Waals surface area contributed by atoms with Gasteiger partial charge < -0.3 is 10.0 Å². The molecule has 1 aliphatic heterocycles. The maximum absolute atomic E-state index is 13.0. The summed E-state index contributed by atoms with van der Waals surface area (Å²) in [5.74, 6) is -0.489. The Hall–Kier alpha value is -1.69. The molecule has 3 atom stereocenters. The minimum absolute atomic E-state index is 0.0545. The van der Waals surface area contributed by atoms with Gasteiger partial charge in [-0.25, -0.2) is 9.78 Å². The topological polar surface area (TPSA) is 56.7 Å². The van der Waals surface area contributed by atoms with Crippen molar-refractivity contribution in [2.75, 3.05) is 13.1 Å². The van der Waals surface area contributed by atoms with Crippen LogP contribution in [0.15, 0.2) is 18.3 Å². The van der Waals surface area contributed by atoms with Gasteiger partial charge in [0.2, 0.25) is 5.95 Å². The lowest BCUT2D eigenvalue weighted by molar-refractivity contribution is -0.0304. The lowest BCUT2D eigenvalue weighted by atomic mass is 9.79. The van der Waals surface area contributed by atoms with Gasteiger partial charge in [-0.1, -0.05) is 26.8 Å². The van der Waals surface area contributed by atoms with Gasteiger partial charge in [-0.15, -0.1) is 0 Å². The number of piperazine rings is 1. The number of hydrogen-bond donors (Lipinski definition) is 1. The van der Waals surface area contributed by atoms with Crippen molar-refractivity contribution >= 4 is 6.09 Å². The minimum atomic E-state index is -0.868. The molecule has 5 nitrogen and oxygen atoms in total. The molecule has 0 bridgehead atoms. The Balaban J connectivity index is 2.27. The predicted octanol–water partition coefficient (Wildman–Crippen LogP) is 3.38. The first-order valence-electron chi connectivity index (χ1n) is 7.99. The van der Waals surface area contributed by atoms with Crippen LogP contribution in [0.4, 0.5) is 9.18 Å². The molecule has 1 aromatic heterocycles. The van der Waals surface area contributed by atoms with E-state index in [0.29, 0.717) is 13.1 Å². The van der Waals surface area contributed by atoms with Crippen molar-refractivity contribution in [1.29, 1.82) is 0 Å². The molecule has 128 valence electrons. The third-order valence-corrected chi connectivity index (χ3v) is 4.78. The highest BCUT2D eigenvalue weighted by Crippen LogP contribution is 2.35. The zero-order valence-corrected chi connectivity index (χ0v) is 14.5. The highest BCUT2D eigenvalue weighted by Gasteiger charge is 2.44. The summed E-state index contributed by atoms with van der Waals surface area (Å²) in [7, 11) is 0. The maximum atomic E-state index is 13.0. The number of carbonyl (C=O) groups is 1. The Morgan fingerprint density at radius 3 is 2.52 bits per heavy atom. The number of nitrogens with zero attached hydrogens (tertiary/aromatic N) is 3. The minimum Gasteiger partial charge on any atom is -0.465 e. The summed E-state index contributed by atoms with van der Waals surface area (Å²) in [5.41, 5.74) is 0.770. The normalized spacial score (nSPS) is 24.5. The number of pyridine rings is 1. The molecule has 1 aliphatic rings. The van der Waals surface area contributed by atoms with Gasteiger partial charge in [-0.3, -0.25) is 4.90 Å². The monoisotopic (exact) mass is 323 g/mol. The Kier molecular flexibility index (Phi) is 4.94. The van der Waals surface area contributed by atoms with Gasteiger partial charge >= 0.3 is 6.09 Å². The molecule has 2 heterocycles. The number of hydrogen-bond acceptors (Lipinski definition) is 3. The van der Waals surface area contributed by atoms with Gasteiger partial charge in [0.25, 0.3) is 0 Å². The van der Waals surface area contributed by atoms with Crippen molar-refractivity contribution in [2.24, 2.45) is 5.41 Å². The van der Waals surface area contributed by atoms with Gasteiger partial charge in [-0.05, 0) is 30.9 Å². The van der Waals surface area contributed by atoms with E-state index in [4.69, 9.17) is 0 Å². The number of amides is 1. The van der Waals surface area contributed by atoms with Crippen molar-refractivity contribution in [3.05, 3.63) is 29.8 Å². The molecule has 1 saturated heterocycles. The number of rotatable bonds is 2. The Morgan fingerprint density at radius 2 is 2.04 bits per heavy atom. The number of carboxylic acid groups (broad SMARTS) is 1. The standard InChI is InChI=1S/C17H26FN3O2/c1-11(13-6-7-14(18)19-10-13)20-8-9-21(16(22)23)15(12(20)2)17(3,4)5/h6-7,10-12,15H,8-9H2,1-5H3,(H,22,23)/t11-,12+,15?/m1/s1. The van der Waals surface area contributed by atoms with Crippen molar-refractivity contribution < 1.29 is 14.3 Å². The van der Waals surface area contributed by atoms with Crippen LogP contribution < -0.4 is 0 Å². The van der Waals surface area contributed by atoms with Gasteiger partial charge in [0.05, 0.1) is 6.04 Å². The lowest BCUT2D eigenvalue weighted by Gasteiger charge is -2.52. The summed E-state index contributed by atoms with van der Waals surface area (Å²) >= 11 is 0. The molecule has 0 aliphatic carbocycles. The first-order valence-corrected chi connectivity index (χ1v) is 7.99. The molecule has 0 radical (unpaired) electrons. The van der Waals surface area contributed by atoms with E-state index in [9.17, 15) is 14.3 Å². The van der Waals surface area contributed by atoms with Crippen molar-refractivity contribution in [2.45, 2.75) is 52.7 Å². The predicted molar refractivity (Wildman–Crippen MR) is 86.8 cm³/mol. The third kappa shape index (κ3) is 3.63. The molecule has 1 aromatic rings. The SMILES string of the molecule is C[C@H](c1ccc(F)nc1)N1CCN(C(=O)O)C(C(C)(C)C)[C@@H]1C. The molecule has 0 saturated carbocycles. The summed E-state index contributed by atoms with van der Waals surface area (Å²) in [6.45, 7) is 11.5. The molecule has 1 N–H and O–H groups in total. The molecule has 1 unspecified atom stereocenters. The van der Waals surface area contributed by atoms with Gasteiger partial charge in [0.1, 0.15) is 0 Å². The second kappa shape index (κ2) is 6.43. The average Bonchev–Trinajstić information content (AvgIpc) is 2.45. The van der Waals surface area contributed by atoms with E-state index >= 15 is 0 Å². The third-order valence-electron chi connectivity index (χ3n) is 4.78. The lowest BCUT2D eigenvalue weighted by Crippen LogP contribution is -2.64. The zero-order valence-electron chi connectivity index (χ0n) is 14.5. The highest BCUT2D eigenvalue weighted by atomic mass is 19.1. The number of halogens is 1. The van der Waals surface area contributed by atoms with E-state index in [1.165, 1.54) is 6.07 Å². The molecule has 23 heavy (non-hydrogen) atoms. The molecule has 1 amide bonds. The fourth-order valence-electron chi connectivity index (χ4n) is 3.79. The van der Waals surface area contributed by atoms with E-state index in [2.05, 4.69) is 44.5 Å². The summed E-state index contributed by atoms with van der Waals surface area (Å²) in [6.07, 6.45) is 0.690. The van der Waals surface area contributed by atoms with Crippen LogP contribution >= 0.6 is 0 Å². The van der Waals surface area contributed by atoms with E-state index < -0.39 is 12.0 Å². The van der Waals surface area contributed by atoms with Crippen LogP contribution in [-0.2, 0) is 0 Å². The van der Waals surface area contributed by atoms with Crippen LogP contribution in [0.3, 0.4) is 0 Å². The van der Waals surface area contributed by atoms with Crippen LogP contribution in [0.5, 0.6) is 0 Å². The summed E-state index contributed by atoms with van der Waals surface area (Å²) < 4.78 is 13.0. The fourth-order valence-corrected chi connectivity index (χ4v) is 3.79. The Morgan fingerprint density at radius 1 is 1.39 bits per heavy atom. The molecular weight excluding hydrogens is 297 g/mol. The fraction of sp³-hybridized carbons (Fsp3) is 0.647. The van der Waals surface area contributed by atoms with Gasteiger partial charge in [0, 0.05) is 31.4 Å². The second-order valence-electron chi connectivity index (χ2n) is 7.36. The van der Waals surface area contributed by atoms with E-state index in [1.54, 1.807) is 17.2 Å². The van der Waals surface area contributed by atoms with Crippen LogP contribution in [-0.4, -0.2) is 51.2 Å². The quantitative estimate of drug-likeness (QED) is 0.848. The Labute approximate surface area is 137 Å². The van der Waals surface area contributed by atoms with E-state index in [-0.39, 0.29) is 23.5 Å². The van der Waals surface area contributed by atoms with E-state index in [0.717, 1.165) is 5.56 Å². The summed E-state index contributed by atoms with van der Waals surface area (Å²) in [6, 6.07) is 3.11. The number of aromatic nitrogens is 1. The molecule has 0 aromatic carbocycles. The van der Waals surface area contributed by atoms with Crippen molar-refractivity contribution in [1.82, 2.24) is 14.8 Å². The second-order valence-corrected chi connectivity index (χ2v) is 7.36. The molecular formula is C17H26FN3O2. The van der Waals surface area contributed by atoms with Crippen LogP contribution in [0.25, 0.3) is 0 Å². The molecule has 0 spiro atoms. The maximum Gasteiger partial charge on any atom is 0.407 e. The van der Waals surface area contributed by atoms with Crippen molar-refractivity contribution in [3.8, 4) is 0 Å². The van der Waals surface area contributed by atoms with Crippen LogP contribution in [0, 0.1) is 11.4 Å². The van der Waals surface area contributed by atoms with Crippen LogP contribution in [0.1, 0.15) is 46.2 Å². The van der Waals surface area contributed by atoms with Gasteiger partial charge in [-0.2, -0.15) is 4.39 Å². The van der Waals surface area contributed by atoms with E-state index in [1.807, 2.05) is 0 Å². The van der Waals surface area contributed by atoms with Gasteiger partial charge in [0.15, 0.2) is 0 Å². The molecule has 2 rings (SSSR count). The summed E-state index contributed by atoms with van der Waals surface area (Å²) in [5, 5.41) is 9.52. The smallest absolute Gasteiger partial charge is 0.407 e. The first kappa shape index (κ1) is 17.7. The molecule has 6 heteroatoms. The molecule has 1 fully saturated rings. The van der Waals surface area contributed by atoms with Crippen molar-refractivity contribution in [3.63, 3.8) is 0 Å². The largest absolute Gasteiger partial charge is 0.465 e. The summed E-state index contributed by atoms with van der Waals surface area (Å²) in [4.78, 5) is 19.2. The Bertz CT molecular complexity index is 556. The highest BCUT2D eigenvalue weighted by molar-refractivity contribution is 5.66.